The van der Waals surface area contributed by atoms with Crippen LogP contribution in [0.1, 0.15) is 33.4 Å². The van der Waals surface area contributed by atoms with Gasteiger partial charge in [-0.3, -0.25) is 32.5 Å². The summed E-state index contributed by atoms with van der Waals surface area (Å²) in [6.45, 7) is 1.98. The number of aliphatic hydroxyl groups excluding tert-OH is 2. The molecular weight excluding hydrogens is 871 g/mol. The zero-order valence-electron chi connectivity index (χ0n) is 31.4. The number of nitrogen functional groups attached to an aromatic ring is 1. The molecule has 8 atom stereocenters. The predicted octanol–water partition coefficient (Wildman–Crippen LogP) is 0.132. The van der Waals surface area contributed by atoms with Gasteiger partial charge in [0.05, 0.1) is 19.5 Å². The highest BCUT2D eigenvalue weighted by Gasteiger charge is 2.50. The van der Waals surface area contributed by atoms with E-state index in [1.54, 1.807) is 31.2 Å². The van der Waals surface area contributed by atoms with Gasteiger partial charge in [0.25, 0.3) is 0 Å². The molecule has 59 heavy (non-hydrogen) atoms. The number of phosphoric acid groups is 3. The second-order valence-electron chi connectivity index (χ2n) is 13.3. The van der Waals surface area contributed by atoms with Crippen molar-refractivity contribution in [2.24, 2.45) is 5.41 Å². The Hall–Kier alpha value is -3.42. The van der Waals surface area contributed by atoms with E-state index < -0.39 is 90.7 Å². The molecule has 1 aliphatic heterocycles. The van der Waals surface area contributed by atoms with E-state index in [9.17, 15) is 57.9 Å². The van der Waals surface area contributed by atoms with E-state index in [-0.39, 0.29) is 47.4 Å². The topological polar surface area (TPSA) is 373 Å². The number of hydrogen-bond donors (Lipinski definition) is 9. The SMILES string of the molecule is CC(Oc1ccccc1)C(=O)SCCNC(=O)CCNC(=O)C(O)C(C)(C)COP(=O)(O)OP(=O)(O)OCC1OC(n2cnc3c(N)ncnc32)C(O)C1OP(=O)(O)O. The first kappa shape index (κ1) is 48.2. The van der Waals surface area contributed by atoms with Gasteiger partial charge in [-0.25, -0.2) is 28.6 Å². The van der Waals surface area contributed by atoms with Crippen LogP contribution in [0.4, 0.5) is 5.82 Å². The molecule has 8 unspecified atom stereocenters. The van der Waals surface area contributed by atoms with Crippen LogP contribution in [-0.4, -0.2) is 129 Å². The number of nitrogens with one attached hydrogen (secondary N) is 2. The number of imidazole rings is 1. The number of carbonyl (C=O) groups excluding carboxylic acids is 3. The Morgan fingerprint density at radius 1 is 1.02 bits per heavy atom. The maximum atomic E-state index is 12.7. The van der Waals surface area contributed by atoms with Crippen molar-refractivity contribution in [3.63, 3.8) is 0 Å². The molecule has 2 amide bonds. The van der Waals surface area contributed by atoms with E-state index in [2.05, 4.69) is 34.4 Å². The van der Waals surface area contributed by atoms with Crippen molar-refractivity contribution in [1.82, 2.24) is 30.2 Å². The van der Waals surface area contributed by atoms with Crippen LogP contribution in [-0.2, 0) is 50.7 Å². The number of nitrogens with zero attached hydrogens (tertiary/aromatic N) is 4. The molecule has 2 aromatic heterocycles. The third-order valence-electron chi connectivity index (χ3n) is 8.13. The summed E-state index contributed by atoms with van der Waals surface area (Å²) in [6.07, 6.45) is -7.70. The van der Waals surface area contributed by atoms with E-state index in [0.29, 0.717) is 5.75 Å². The number of hydrogen-bond acceptors (Lipinski definition) is 19. The van der Waals surface area contributed by atoms with Crippen LogP contribution in [0.25, 0.3) is 11.2 Å². The summed E-state index contributed by atoms with van der Waals surface area (Å²) in [7, 11) is -16.4. The van der Waals surface area contributed by atoms with Crippen LogP contribution < -0.4 is 21.1 Å². The summed E-state index contributed by atoms with van der Waals surface area (Å²) in [6, 6.07) is 8.79. The third-order valence-corrected chi connectivity index (χ3v) is 12.3. The standard InChI is InChI=1S/C30H44N7O18P3S/c1-17(52-18-7-5-4-6-8-18)29(42)59-12-11-32-20(38)9-10-33-27(41)24(40)30(2,3)14-51-58(48,49)55-57(46,47)50-13-19-23(54-56(43,44)45)22(39)28(53-19)37-16-36-21-25(31)34-15-35-26(21)37/h4-8,15-17,19,22-24,28,39-40H,9-14H2,1-3H3,(H,32,38)(H,33,41)(H,46,47)(H,48,49)(H2,31,34,35)(H2,43,44,45). The minimum absolute atomic E-state index is 0.0268. The quantitative estimate of drug-likeness (QED) is 0.0478. The first-order valence-corrected chi connectivity index (χ1v) is 22.8. The molecule has 3 heterocycles. The van der Waals surface area contributed by atoms with E-state index in [1.807, 2.05) is 6.07 Å². The van der Waals surface area contributed by atoms with Gasteiger partial charge in [0, 0.05) is 30.7 Å². The predicted molar refractivity (Wildman–Crippen MR) is 204 cm³/mol. The minimum atomic E-state index is -5.58. The third kappa shape index (κ3) is 14.3. The van der Waals surface area contributed by atoms with Gasteiger partial charge in [0.15, 0.2) is 23.8 Å². The van der Waals surface area contributed by atoms with Gasteiger partial charge in [-0.1, -0.05) is 43.8 Å². The monoisotopic (exact) mass is 915 g/mol. The molecule has 328 valence electrons. The molecule has 0 radical (unpaired) electrons. The van der Waals surface area contributed by atoms with Crippen LogP contribution in [0, 0.1) is 5.41 Å². The lowest BCUT2D eigenvalue weighted by Crippen LogP contribution is -2.46. The Labute approximate surface area is 339 Å². The van der Waals surface area contributed by atoms with Gasteiger partial charge >= 0.3 is 23.5 Å². The molecule has 1 fully saturated rings. The number of ether oxygens (including phenoxy) is 2. The van der Waals surface area contributed by atoms with E-state index in [1.165, 1.54) is 13.8 Å². The van der Waals surface area contributed by atoms with Crippen LogP contribution in [0.15, 0.2) is 43.0 Å². The molecule has 29 heteroatoms. The Balaban J connectivity index is 1.20. The first-order chi connectivity index (χ1) is 27.5. The van der Waals surface area contributed by atoms with E-state index in [0.717, 1.165) is 29.0 Å². The van der Waals surface area contributed by atoms with Crippen LogP contribution in [0.5, 0.6) is 5.75 Å². The number of para-hydroxylation sites is 1. The van der Waals surface area contributed by atoms with Gasteiger partial charge in [0.1, 0.15) is 42.0 Å². The highest BCUT2D eigenvalue weighted by Crippen LogP contribution is 2.61. The zero-order chi connectivity index (χ0) is 43.8. The number of nitrogens with two attached hydrogens (primary N) is 1. The molecule has 0 spiro atoms. The molecule has 1 aliphatic rings. The smallest absolute Gasteiger partial charge is 0.481 e. The maximum Gasteiger partial charge on any atom is 0.481 e. The second-order valence-corrected chi connectivity index (χ2v) is 18.6. The largest absolute Gasteiger partial charge is 0.482 e. The van der Waals surface area contributed by atoms with Gasteiger partial charge in [-0.05, 0) is 19.1 Å². The van der Waals surface area contributed by atoms with Gasteiger partial charge in [-0.2, -0.15) is 4.31 Å². The van der Waals surface area contributed by atoms with Gasteiger partial charge in [0.2, 0.25) is 16.9 Å². The zero-order valence-corrected chi connectivity index (χ0v) is 34.9. The number of benzene rings is 1. The van der Waals surface area contributed by atoms with Crippen LogP contribution >= 0.6 is 35.2 Å². The fraction of sp³-hybridized carbons (Fsp3) is 0.533. The molecule has 0 saturated carbocycles. The number of phosphoric ester groups is 3. The van der Waals surface area contributed by atoms with Gasteiger partial charge in [-0.15, -0.1) is 0 Å². The molecule has 0 bridgehead atoms. The van der Waals surface area contributed by atoms with E-state index >= 15 is 0 Å². The highest BCUT2D eigenvalue weighted by molar-refractivity contribution is 8.13. The molecule has 0 aliphatic carbocycles. The first-order valence-electron chi connectivity index (χ1n) is 17.3. The molecule has 3 aromatic rings. The Kier molecular flexibility index (Phi) is 16.7. The molecule has 1 saturated heterocycles. The van der Waals surface area contributed by atoms with Crippen molar-refractivity contribution >= 4 is 69.1 Å². The average Bonchev–Trinajstić information content (AvgIpc) is 3.71. The number of amides is 2. The van der Waals surface area contributed by atoms with Crippen molar-refractivity contribution in [3.8, 4) is 5.75 Å². The van der Waals surface area contributed by atoms with Crippen LogP contribution in [0.3, 0.4) is 0 Å². The Morgan fingerprint density at radius 3 is 2.37 bits per heavy atom. The maximum absolute atomic E-state index is 12.7. The number of thioether (sulfide) groups is 1. The number of anilines is 1. The van der Waals surface area contributed by atoms with Crippen molar-refractivity contribution in [2.75, 3.05) is 37.8 Å². The lowest BCUT2D eigenvalue weighted by Gasteiger charge is -2.30. The summed E-state index contributed by atoms with van der Waals surface area (Å²) in [5.41, 5.74) is 4.24. The number of rotatable bonds is 22. The Morgan fingerprint density at radius 2 is 1.69 bits per heavy atom. The van der Waals surface area contributed by atoms with Crippen LogP contribution in [0.2, 0.25) is 0 Å². The average molecular weight is 916 g/mol. The summed E-state index contributed by atoms with van der Waals surface area (Å²) < 4.78 is 67.7. The fourth-order valence-corrected chi connectivity index (χ4v) is 8.67. The second kappa shape index (κ2) is 20.4. The van der Waals surface area contributed by atoms with Gasteiger partial charge < -0.3 is 55.6 Å². The van der Waals surface area contributed by atoms with Crippen molar-refractivity contribution in [1.29, 1.82) is 0 Å². The number of aliphatic hydroxyl groups is 2. The minimum Gasteiger partial charge on any atom is -0.482 e. The summed E-state index contributed by atoms with van der Waals surface area (Å²) >= 11 is 0.973. The molecule has 4 rings (SSSR count). The fourth-order valence-electron chi connectivity index (χ4n) is 5.15. The Bertz CT molecular complexity index is 2080. The summed E-state index contributed by atoms with van der Waals surface area (Å²) in [5, 5.41) is 26.2. The normalized spacial score (nSPS) is 21.6. The number of carbonyl (C=O) groups is 3. The molecule has 10 N–H and O–H groups in total. The number of aromatic nitrogens is 4. The van der Waals surface area contributed by atoms with Crippen molar-refractivity contribution < 1.29 is 85.2 Å². The summed E-state index contributed by atoms with van der Waals surface area (Å²) in [5.74, 6) is -0.705. The molecule has 1 aromatic carbocycles. The van der Waals surface area contributed by atoms with E-state index in [4.69, 9.17) is 24.3 Å². The van der Waals surface area contributed by atoms with Crippen molar-refractivity contribution in [2.45, 2.75) is 63.9 Å². The number of fused-ring (bicyclic) bond motifs is 1. The lowest BCUT2D eigenvalue weighted by molar-refractivity contribution is -0.137. The molecule has 25 nitrogen and oxygen atoms in total. The highest BCUT2D eigenvalue weighted by atomic mass is 32.2. The van der Waals surface area contributed by atoms with Crippen molar-refractivity contribution in [3.05, 3.63) is 43.0 Å². The summed E-state index contributed by atoms with van der Waals surface area (Å²) in [4.78, 5) is 88.1. The lowest BCUT2D eigenvalue weighted by atomic mass is 9.87. The molecular formula is C30H44N7O18P3S.